The van der Waals surface area contributed by atoms with Gasteiger partial charge in [-0.3, -0.25) is 9.67 Å². The summed E-state index contributed by atoms with van der Waals surface area (Å²) in [5.41, 5.74) is 4.24. The van der Waals surface area contributed by atoms with E-state index >= 15 is 0 Å². The maximum Gasteiger partial charge on any atom is 0.188 e. The molecule has 4 aromatic rings. The van der Waals surface area contributed by atoms with E-state index in [1.54, 1.807) is 16.0 Å². The third kappa shape index (κ3) is 4.03. The minimum atomic E-state index is 0.757. The molecule has 1 saturated heterocycles. The first-order chi connectivity index (χ1) is 14.7. The lowest BCUT2D eigenvalue weighted by atomic mass is 10.1. The molecule has 0 amide bonds. The first kappa shape index (κ1) is 18.7. The lowest BCUT2D eigenvalue weighted by Crippen LogP contribution is -2.36. The SMILES string of the molecule is Cn1cc(-c2cncc(-c3cnc(Nc4cc(N5CCOCC5)ccn4)s3)c2)cn1. The van der Waals surface area contributed by atoms with Crippen LogP contribution in [-0.2, 0) is 11.8 Å². The highest BCUT2D eigenvalue weighted by Crippen LogP contribution is 2.32. The van der Waals surface area contributed by atoms with Crippen LogP contribution in [0.2, 0.25) is 0 Å². The fourth-order valence-corrected chi connectivity index (χ4v) is 4.19. The Labute approximate surface area is 178 Å². The second-order valence-corrected chi connectivity index (χ2v) is 8.05. The average Bonchev–Trinajstić information content (AvgIpc) is 3.44. The normalized spacial score (nSPS) is 14.1. The Morgan fingerprint density at radius 2 is 1.87 bits per heavy atom. The molecular formula is C21H21N7OS. The number of nitrogens with zero attached hydrogens (tertiary/aromatic N) is 6. The van der Waals surface area contributed by atoms with Crippen LogP contribution in [0.1, 0.15) is 0 Å². The van der Waals surface area contributed by atoms with Crippen molar-refractivity contribution in [1.29, 1.82) is 0 Å². The number of rotatable bonds is 5. The zero-order valence-corrected chi connectivity index (χ0v) is 17.3. The maximum atomic E-state index is 5.44. The smallest absolute Gasteiger partial charge is 0.188 e. The Kier molecular flexibility index (Phi) is 5.12. The number of aryl methyl sites for hydroxylation is 1. The molecule has 5 heterocycles. The van der Waals surface area contributed by atoms with Crippen LogP contribution in [0.15, 0.2) is 55.4 Å². The molecule has 0 aromatic carbocycles. The minimum absolute atomic E-state index is 0.757. The van der Waals surface area contributed by atoms with Crippen molar-refractivity contribution < 1.29 is 4.74 Å². The van der Waals surface area contributed by atoms with Crippen LogP contribution >= 0.6 is 11.3 Å². The van der Waals surface area contributed by atoms with Crippen molar-refractivity contribution in [3.05, 3.63) is 55.4 Å². The fraction of sp³-hybridized carbons (Fsp3) is 0.238. The fourth-order valence-electron chi connectivity index (χ4n) is 3.38. The minimum Gasteiger partial charge on any atom is -0.378 e. The molecule has 1 fully saturated rings. The van der Waals surface area contributed by atoms with Crippen LogP contribution in [0, 0.1) is 0 Å². The van der Waals surface area contributed by atoms with Crippen LogP contribution in [0.4, 0.5) is 16.6 Å². The monoisotopic (exact) mass is 419 g/mol. The lowest BCUT2D eigenvalue weighted by molar-refractivity contribution is 0.122. The van der Waals surface area contributed by atoms with Crippen molar-refractivity contribution in [2.24, 2.45) is 7.05 Å². The van der Waals surface area contributed by atoms with Gasteiger partial charge in [0.25, 0.3) is 0 Å². The van der Waals surface area contributed by atoms with Crippen LogP contribution in [0.5, 0.6) is 0 Å². The summed E-state index contributed by atoms with van der Waals surface area (Å²) in [5.74, 6) is 0.780. The Bertz CT molecular complexity index is 1150. The number of aromatic nitrogens is 5. The molecule has 9 heteroatoms. The van der Waals surface area contributed by atoms with E-state index in [4.69, 9.17) is 4.74 Å². The Morgan fingerprint density at radius 3 is 2.70 bits per heavy atom. The standard InChI is InChI=1S/C21H21N7OS/c1-27-14-17(12-25-27)15-8-16(11-22-10-15)19-13-24-21(30-19)26-20-9-18(2-3-23-20)28-4-6-29-7-5-28/h2-3,8-14H,4-7H2,1H3,(H,23,24,26). The average molecular weight is 420 g/mol. The number of pyridine rings is 2. The van der Waals surface area contributed by atoms with E-state index in [2.05, 4.69) is 42.4 Å². The van der Waals surface area contributed by atoms with Crippen LogP contribution < -0.4 is 10.2 Å². The molecule has 0 saturated carbocycles. The summed E-state index contributed by atoms with van der Waals surface area (Å²) in [6.07, 6.45) is 11.2. The van der Waals surface area contributed by atoms with Gasteiger partial charge in [0.1, 0.15) is 5.82 Å². The molecular weight excluding hydrogens is 398 g/mol. The van der Waals surface area contributed by atoms with Gasteiger partial charge in [0.2, 0.25) is 0 Å². The number of anilines is 3. The molecule has 152 valence electrons. The number of hydrogen-bond donors (Lipinski definition) is 1. The van der Waals surface area contributed by atoms with Gasteiger partial charge in [0.05, 0.1) is 24.3 Å². The van der Waals surface area contributed by atoms with Crippen molar-refractivity contribution in [3.8, 4) is 21.6 Å². The first-order valence-electron chi connectivity index (χ1n) is 9.71. The predicted molar refractivity (Wildman–Crippen MR) is 118 cm³/mol. The highest BCUT2D eigenvalue weighted by Gasteiger charge is 2.13. The van der Waals surface area contributed by atoms with E-state index in [0.29, 0.717) is 0 Å². The molecule has 0 atom stereocenters. The van der Waals surface area contributed by atoms with Gasteiger partial charge in [-0.2, -0.15) is 5.10 Å². The summed E-state index contributed by atoms with van der Waals surface area (Å²) in [7, 11) is 1.91. The van der Waals surface area contributed by atoms with E-state index in [0.717, 1.165) is 64.5 Å². The largest absolute Gasteiger partial charge is 0.378 e. The molecule has 0 aliphatic carbocycles. The van der Waals surface area contributed by atoms with Crippen molar-refractivity contribution >= 4 is 28.0 Å². The quantitative estimate of drug-likeness (QED) is 0.529. The molecule has 0 bridgehead atoms. The summed E-state index contributed by atoms with van der Waals surface area (Å²) in [4.78, 5) is 16.7. The third-order valence-electron chi connectivity index (χ3n) is 4.92. The molecule has 8 nitrogen and oxygen atoms in total. The van der Waals surface area contributed by atoms with E-state index in [1.165, 1.54) is 0 Å². The molecule has 5 rings (SSSR count). The van der Waals surface area contributed by atoms with E-state index in [-0.39, 0.29) is 0 Å². The highest BCUT2D eigenvalue weighted by atomic mass is 32.1. The van der Waals surface area contributed by atoms with Crippen LogP contribution in [-0.4, -0.2) is 51.0 Å². The number of thiazole rings is 1. The molecule has 0 spiro atoms. The van der Waals surface area contributed by atoms with Gasteiger partial charge in [0, 0.05) is 79.6 Å². The van der Waals surface area contributed by atoms with Crippen molar-refractivity contribution in [1.82, 2.24) is 24.7 Å². The summed E-state index contributed by atoms with van der Waals surface area (Å²) in [5, 5.41) is 8.36. The molecule has 1 N–H and O–H groups in total. The van der Waals surface area contributed by atoms with Crippen molar-refractivity contribution in [3.63, 3.8) is 0 Å². The summed E-state index contributed by atoms with van der Waals surface area (Å²) in [6, 6.07) is 6.19. The third-order valence-corrected chi connectivity index (χ3v) is 5.88. The van der Waals surface area contributed by atoms with Gasteiger partial charge in [-0.15, -0.1) is 0 Å². The van der Waals surface area contributed by atoms with Crippen molar-refractivity contribution in [2.75, 3.05) is 36.5 Å². The molecule has 0 radical (unpaired) electrons. The Hall–Kier alpha value is -3.30. The molecule has 0 unspecified atom stereocenters. The number of morpholine rings is 1. The zero-order chi connectivity index (χ0) is 20.3. The van der Waals surface area contributed by atoms with Gasteiger partial charge < -0.3 is 15.0 Å². The summed E-state index contributed by atoms with van der Waals surface area (Å²) >= 11 is 1.57. The van der Waals surface area contributed by atoms with Crippen LogP contribution in [0.3, 0.4) is 0 Å². The predicted octanol–water partition coefficient (Wildman–Crippen LogP) is 3.58. The number of hydrogen-bond acceptors (Lipinski definition) is 8. The summed E-state index contributed by atoms with van der Waals surface area (Å²) in [6.45, 7) is 3.30. The highest BCUT2D eigenvalue weighted by molar-refractivity contribution is 7.18. The van der Waals surface area contributed by atoms with Gasteiger partial charge in [-0.05, 0) is 12.1 Å². The van der Waals surface area contributed by atoms with Gasteiger partial charge in [-0.1, -0.05) is 11.3 Å². The van der Waals surface area contributed by atoms with Crippen LogP contribution in [0.25, 0.3) is 21.6 Å². The molecule has 30 heavy (non-hydrogen) atoms. The zero-order valence-electron chi connectivity index (χ0n) is 16.5. The second kappa shape index (κ2) is 8.21. The topological polar surface area (TPSA) is 81.0 Å². The van der Waals surface area contributed by atoms with E-state index in [1.807, 2.05) is 50.3 Å². The number of ether oxygens (including phenoxy) is 1. The van der Waals surface area contributed by atoms with Gasteiger partial charge >= 0.3 is 0 Å². The molecule has 1 aliphatic rings. The second-order valence-electron chi connectivity index (χ2n) is 7.02. The maximum absolute atomic E-state index is 5.44. The lowest BCUT2D eigenvalue weighted by Gasteiger charge is -2.28. The van der Waals surface area contributed by atoms with Crippen molar-refractivity contribution in [2.45, 2.75) is 0 Å². The molecule has 1 aliphatic heterocycles. The van der Waals surface area contributed by atoms with Gasteiger partial charge in [0.15, 0.2) is 5.13 Å². The number of nitrogens with one attached hydrogen (secondary N) is 1. The van der Waals surface area contributed by atoms with Gasteiger partial charge in [-0.25, -0.2) is 9.97 Å². The Morgan fingerprint density at radius 1 is 1.00 bits per heavy atom. The van der Waals surface area contributed by atoms with E-state index < -0.39 is 0 Å². The Balaban J connectivity index is 1.34. The summed E-state index contributed by atoms with van der Waals surface area (Å²) < 4.78 is 7.23. The molecule has 4 aromatic heterocycles. The first-order valence-corrected chi connectivity index (χ1v) is 10.5. The van der Waals surface area contributed by atoms with E-state index in [9.17, 15) is 0 Å².